The minimum Gasteiger partial charge on any atom is -0.491 e. The van der Waals surface area contributed by atoms with E-state index < -0.39 is 5.60 Å². The predicted octanol–water partition coefficient (Wildman–Crippen LogP) is 7.07. The number of piperidine rings is 1. The van der Waals surface area contributed by atoms with Crippen molar-refractivity contribution in [3.05, 3.63) is 50.7 Å². The Balaban J connectivity index is 1.43. The van der Waals surface area contributed by atoms with Crippen LogP contribution in [-0.2, 0) is 16.0 Å². The van der Waals surface area contributed by atoms with Gasteiger partial charge in [0.05, 0.1) is 12.0 Å². The van der Waals surface area contributed by atoms with Crippen LogP contribution in [0.15, 0.2) is 34.8 Å². The van der Waals surface area contributed by atoms with Gasteiger partial charge in [-0.3, -0.25) is 4.79 Å². The number of amides is 2. The number of fused-ring (bicyclic) bond motifs is 1. The number of carbonyl (C=O) groups excluding carboxylic acids is 2. The molecule has 1 fully saturated rings. The van der Waals surface area contributed by atoms with E-state index in [-0.39, 0.29) is 46.2 Å². The van der Waals surface area contributed by atoms with Crippen molar-refractivity contribution in [2.24, 2.45) is 11.8 Å². The molecule has 4 rings (SSSR count). The molecule has 0 radical (unpaired) electrons. The number of benzene rings is 1. The first kappa shape index (κ1) is 31.9. The van der Waals surface area contributed by atoms with Crippen LogP contribution in [0, 0.1) is 11.8 Å². The van der Waals surface area contributed by atoms with E-state index in [2.05, 4.69) is 45.0 Å². The Bertz CT molecular complexity index is 1240. The highest BCUT2D eigenvalue weighted by Gasteiger charge is 2.37. The van der Waals surface area contributed by atoms with Crippen LogP contribution in [0.3, 0.4) is 0 Å². The summed E-state index contributed by atoms with van der Waals surface area (Å²) < 4.78 is 12.7. The molecule has 1 N–H and O–H groups in total. The molecule has 1 aromatic carbocycles. The average molecular weight is 670 g/mol. The molecule has 0 bridgehead atoms. The van der Waals surface area contributed by atoms with Crippen LogP contribution >= 0.6 is 39.1 Å². The lowest BCUT2D eigenvalue weighted by Crippen LogP contribution is -2.51. The number of hydrogen-bond donors (Lipinski definition) is 1. The van der Waals surface area contributed by atoms with Gasteiger partial charge in [0.15, 0.2) is 0 Å². The number of likely N-dealkylation sites (tertiary alicyclic amines) is 1. The summed E-state index contributed by atoms with van der Waals surface area (Å²) in [6.45, 7) is 12.5. The van der Waals surface area contributed by atoms with Crippen molar-refractivity contribution in [2.75, 3.05) is 31.6 Å². The molecule has 41 heavy (non-hydrogen) atoms. The standard InChI is InChI=1S/C30H39BrCl2N4O4/c1-18-16-36(19(2)11-24(18)28(38)41-30(3,4)5)9-6-10-37(29(39)34-22-14-26(32)35-27(33)15-22)23-13-20-12-21(31)7-8-25(20)40-17-23/h7-8,12,14-15,18-19,23-24H,6,9-11,13,16-17H2,1-5H3,(H,34,35,39)/t18-,19+,23?,24?/m0/s1. The van der Waals surface area contributed by atoms with E-state index in [1.54, 1.807) is 12.1 Å². The maximum atomic E-state index is 13.6. The molecular formula is C30H39BrCl2N4O4. The van der Waals surface area contributed by atoms with Gasteiger partial charge in [-0.25, -0.2) is 9.78 Å². The lowest BCUT2D eigenvalue weighted by atomic mass is 9.83. The number of pyridine rings is 1. The van der Waals surface area contributed by atoms with Crippen molar-refractivity contribution in [3.8, 4) is 5.75 Å². The van der Waals surface area contributed by atoms with Crippen molar-refractivity contribution < 1.29 is 19.1 Å². The molecule has 4 atom stereocenters. The van der Waals surface area contributed by atoms with Crippen LogP contribution in [0.2, 0.25) is 10.3 Å². The van der Waals surface area contributed by atoms with E-state index in [4.69, 9.17) is 32.7 Å². The molecule has 2 aliphatic heterocycles. The zero-order valence-electron chi connectivity index (χ0n) is 24.3. The molecule has 11 heteroatoms. The Labute approximate surface area is 261 Å². The second kappa shape index (κ2) is 13.5. The van der Waals surface area contributed by atoms with Crippen LogP contribution in [0.25, 0.3) is 0 Å². The first-order chi connectivity index (χ1) is 19.3. The molecule has 1 aromatic heterocycles. The lowest BCUT2D eigenvalue weighted by Gasteiger charge is -2.42. The molecule has 2 aliphatic rings. The summed E-state index contributed by atoms with van der Waals surface area (Å²) >= 11 is 15.7. The number of carbonyl (C=O) groups is 2. The Morgan fingerprint density at radius 2 is 1.90 bits per heavy atom. The Morgan fingerprint density at radius 1 is 1.20 bits per heavy atom. The number of halogens is 3. The van der Waals surface area contributed by atoms with Gasteiger partial charge in [0.25, 0.3) is 0 Å². The Hall–Kier alpha value is -2.07. The monoisotopic (exact) mass is 668 g/mol. The number of urea groups is 1. The third-order valence-electron chi connectivity index (χ3n) is 7.61. The highest BCUT2D eigenvalue weighted by atomic mass is 79.9. The maximum Gasteiger partial charge on any atom is 0.322 e. The van der Waals surface area contributed by atoms with Gasteiger partial charge in [-0.05, 0) is 88.8 Å². The summed E-state index contributed by atoms with van der Waals surface area (Å²) in [7, 11) is 0. The molecule has 1 saturated heterocycles. The molecule has 3 heterocycles. The number of hydrogen-bond acceptors (Lipinski definition) is 6. The number of aromatic nitrogens is 1. The molecule has 2 aromatic rings. The van der Waals surface area contributed by atoms with Gasteiger partial charge in [-0.2, -0.15) is 0 Å². The largest absolute Gasteiger partial charge is 0.491 e. The van der Waals surface area contributed by atoms with Gasteiger partial charge in [0.1, 0.15) is 28.3 Å². The lowest BCUT2D eigenvalue weighted by molar-refractivity contribution is -0.164. The van der Waals surface area contributed by atoms with Gasteiger partial charge in [0.2, 0.25) is 0 Å². The molecular weight excluding hydrogens is 631 g/mol. The highest BCUT2D eigenvalue weighted by Crippen LogP contribution is 2.32. The quantitative estimate of drug-likeness (QED) is 0.251. The summed E-state index contributed by atoms with van der Waals surface area (Å²) in [5, 5.41) is 3.36. The summed E-state index contributed by atoms with van der Waals surface area (Å²) in [6.07, 6.45) is 2.20. The second-order valence-corrected chi connectivity index (χ2v) is 13.8. The molecule has 224 valence electrons. The van der Waals surface area contributed by atoms with E-state index in [0.29, 0.717) is 25.3 Å². The zero-order valence-corrected chi connectivity index (χ0v) is 27.4. The second-order valence-electron chi connectivity index (χ2n) is 12.1. The normalized spacial score (nSPS) is 22.8. The first-order valence-corrected chi connectivity index (χ1v) is 15.6. The van der Waals surface area contributed by atoms with E-state index in [0.717, 1.165) is 41.7 Å². The number of ether oxygens (including phenoxy) is 2. The summed E-state index contributed by atoms with van der Waals surface area (Å²) in [6, 6.07) is 8.92. The van der Waals surface area contributed by atoms with Crippen LogP contribution in [0.4, 0.5) is 10.5 Å². The van der Waals surface area contributed by atoms with Gasteiger partial charge in [-0.15, -0.1) is 0 Å². The van der Waals surface area contributed by atoms with Gasteiger partial charge in [-0.1, -0.05) is 46.1 Å². The fourth-order valence-electron chi connectivity index (χ4n) is 5.62. The molecule has 8 nitrogen and oxygen atoms in total. The molecule has 0 aliphatic carbocycles. The van der Waals surface area contributed by atoms with E-state index >= 15 is 0 Å². The zero-order chi connectivity index (χ0) is 29.9. The van der Waals surface area contributed by atoms with Crippen molar-refractivity contribution in [3.63, 3.8) is 0 Å². The van der Waals surface area contributed by atoms with Crippen LogP contribution < -0.4 is 10.1 Å². The molecule has 2 amide bonds. The van der Waals surface area contributed by atoms with Crippen molar-refractivity contribution in [2.45, 2.75) is 71.6 Å². The summed E-state index contributed by atoms with van der Waals surface area (Å²) in [4.78, 5) is 34.6. The Morgan fingerprint density at radius 3 is 2.59 bits per heavy atom. The minimum atomic E-state index is -0.492. The van der Waals surface area contributed by atoms with Crippen LogP contribution in [-0.4, -0.2) is 70.7 Å². The smallest absolute Gasteiger partial charge is 0.322 e. The fourth-order valence-corrected chi connectivity index (χ4v) is 6.49. The average Bonchev–Trinajstić information content (AvgIpc) is 2.86. The number of esters is 1. The van der Waals surface area contributed by atoms with Crippen molar-refractivity contribution >= 4 is 56.8 Å². The van der Waals surface area contributed by atoms with E-state index in [9.17, 15) is 9.59 Å². The highest BCUT2D eigenvalue weighted by molar-refractivity contribution is 9.10. The van der Waals surface area contributed by atoms with Crippen molar-refractivity contribution in [1.82, 2.24) is 14.8 Å². The predicted molar refractivity (Wildman–Crippen MR) is 166 cm³/mol. The number of rotatable bonds is 7. The molecule has 2 unspecified atom stereocenters. The van der Waals surface area contributed by atoms with E-state index in [1.807, 2.05) is 43.9 Å². The number of nitrogens with zero attached hydrogens (tertiary/aromatic N) is 3. The SMILES string of the molecule is C[C@@H]1CC(C(=O)OC(C)(C)C)[C@@H](C)CN1CCCN(C(=O)Nc1cc(Cl)nc(Cl)c1)C1COc2ccc(Br)cc2C1. The first-order valence-electron chi connectivity index (χ1n) is 14.1. The molecule has 0 saturated carbocycles. The van der Waals surface area contributed by atoms with Gasteiger partial charge in [0, 0.05) is 35.8 Å². The molecule has 0 spiro atoms. The third-order valence-corrected chi connectivity index (χ3v) is 8.49. The van der Waals surface area contributed by atoms with Crippen LogP contribution in [0.1, 0.15) is 53.0 Å². The summed E-state index contributed by atoms with van der Waals surface area (Å²) in [5.41, 5.74) is 1.04. The summed E-state index contributed by atoms with van der Waals surface area (Å²) in [5.74, 6) is 0.803. The topological polar surface area (TPSA) is 84.0 Å². The number of anilines is 1. The van der Waals surface area contributed by atoms with Gasteiger partial charge < -0.3 is 24.6 Å². The number of nitrogens with one attached hydrogen (secondary N) is 1. The van der Waals surface area contributed by atoms with Gasteiger partial charge >= 0.3 is 12.0 Å². The minimum absolute atomic E-state index is 0.111. The van der Waals surface area contributed by atoms with Crippen molar-refractivity contribution in [1.29, 1.82) is 0 Å². The van der Waals surface area contributed by atoms with Crippen LogP contribution in [0.5, 0.6) is 5.75 Å². The van der Waals surface area contributed by atoms with E-state index in [1.165, 1.54) is 0 Å². The fraction of sp³-hybridized carbons (Fsp3) is 0.567. The third kappa shape index (κ3) is 8.72. The Kier molecular flexibility index (Phi) is 10.5. The maximum absolute atomic E-state index is 13.6.